The van der Waals surface area contributed by atoms with Crippen LogP contribution in [0, 0.1) is 17.2 Å². The van der Waals surface area contributed by atoms with Crippen LogP contribution in [0.5, 0.6) is 0 Å². The molecule has 2 aromatic heterocycles. The Hall–Kier alpha value is -3.40. The number of nitrogen functional groups attached to an aromatic ring is 1. The van der Waals surface area contributed by atoms with Gasteiger partial charge in [-0.1, -0.05) is 38.1 Å². The van der Waals surface area contributed by atoms with Crippen LogP contribution in [-0.2, 0) is 20.5 Å². The van der Waals surface area contributed by atoms with E-state index in [0.29, 0.717) is 17.0 Å². The average molecular weight is 363 g/mol. The molecule has 7 heteroatoms. The van der Waals surface area contributed by atoms with E-state index in [4.69, 9.17) is 5.73 Å². The molecule has 0 atom stereocenters. The van der Waals surface area contributed by atoms with E-state index in [1.165, 1.54) is 24.2 Å². The Balaban J connectivity index is 2.43. The van der Waals surface area contributed by atoms with Crippen LogP contribution >= 0.6 is 0 Å². The summed E-state index contributed by atoms with van der Waals surface area (Å²) in [5.74, 6) is 0.513. The Labute approximate surface area is 156 Å². The van der Waals surface area contributed by atoms with E-state index < -0.39 is 11.2 Å². The highest BCUT2D eigenvalue weighted by molar-refractivity contribution is 5.97. The Kier molecular flexibility index (Phi) is 4.58. The molecule has 7 nitrogen and oxygen atoms in total. The van der Waals surface area contributed by atoms with Gasteiger partial charge in [0, 0.05) is 19.7 Å². The molecule has 0 spiro atoms. The lowest BCUT2D eigenvalue weighted by Crippen LogP contribution is -2.37. The SMILES string of the molecule is CC(C)Cc1ccc(-c2c(C#N)c(N)nc3c2c(=O)n(C)c(=O)n3C)cc1. The summed E-state index contributed by atoms with van der Waals surface area (Å²) < 4.78 is 2.28. The average Bonchev–Trinajstić information content (AvgIpc) is 2.64. The number of nitrogens with zero attached hydrogens (tertiary/aromatic N) is 4. The molecule has 0 unspecified atom stereocenters. The number of hydrogen-bond donors (Lipinski definition) is 1. The molecular formula is C20H21N5O2. The largest absolute Gasteiger partial charge is 0.383 e. The van der Waals surface area contributed by atoms with E-state index in [1.807, 2.05) is 24.3 Å². The van der Waals surface area contributed by atoms with Gasteiger partial charge in [-0.05, 0) is 23.5 Å². The number of benzene rings is 1. The minimum atomic E-state index is -0.502. The minimum absolute atomic E-state index is 0.00508. The maximum atomic E-state index is 12.8. The number of nitriles is 1. The van der Waals surface area contributed by atoms with Crippen LogP contribution in [0.4, 0.5) is 5.82 Å². The number of rotatable bonds is 3. The summed E-state index contributed by atoms with van der Waals surface area (Å²) in [4.78, 5) is 29.2. The van der Waals surface area contributed by atoms with Crippen LogP contribution in [0.3, 0.4) is 0 Å². The molecule has 0 saturated carbocycles. The van der Waals surface area contributed by atoms with Crippen molar-refractivity contribution < 1.29 is 0 Å². The number of aromatic nitrogens is 3. The summed E-state index contributed by atoms with van der Waals surface area (Å²) in [6.07, 6.45) is 0.931. The van der Waals surface area contributed by atoms with Crippen molar-refractivity contribution in [3.63, 3.8) is 0 Å². The van der Waals surface area contributed by atoms with E-state index in [2.05, 4.69) is 24.9 Å². The lowest BCUT2D eigenvalue weighted by Gasteiger charge is -2.14. The molecule has 2 N–H and O–H groups in total. The first-order valence-corrected chi connectivity index (χ1v) is 8.64. The molecule has 0 fully saturated rings. The van der Waals surface area contributed by atoms with Gasteiger partial charge in [-0.3, -0.25) is 13.9 Å². The lowest BCUT2D eigenvalue weighted by atomic mass is 9.95. The molecule has 138 valence electrons. The van der Waals surface area contributed by atoms with Crippen LogP contribution < -0.4 is 17.0 Å². The maximum absolute atomic E-state index is 12.8. The number of anilines is 1. The highest BCUT2D eigenvalue weighted by atomic mass is 16.2. The molecule has 0 aliphatic rings. The van der Waals surface area contributed by atoms with Gasteiger partial charge in [-0.25, -0.2) is 9.78 Å². The van der Waals surface area contributed by atoms with Crippen LogP contribution in [0.25, 0.3) is 22.2 Å². The van der Waals surface area contributed by atoms with Crippen molar-refractivity contribution in [3.05, 3.63) is 56.2 Å². The quantitative estimate of drug-likeness (QED) is 0.765. The van der Waals surface area contributed by atoms with Gasteiger partial charge >= 0.3 is 5.69 Å². The van der Waals surface area contributed by atoms with Gasteiger partial charge in [0.25, 0.3) is 5.56 Å². The molecule has 27 heavy (non-hydrogen) atoms. The van der Waals surface area contributed by atoms with Gasteiger partial charge in [0.05, 0.1) is 5.39 Å². The molecule has 2 heterocycles. The smallest absolute Gasteiger partial charge is 0.332 e. The standard InChI is InChI=1S/C20H21N5O2/c1-11(2)9-12-5-7-13(8-6-12)15-14(10-21)17(22)23-18-16(15)19(26)25(4)20(27)24(18)3/h5-8,11H,9H2,1-4H3,(H2,22,23). The van der Waals surface area contributed by atoms with Crippen LogP contribution in [0.1, 0.15) is 25.0 Å². The fourth-order valence-corrected chi connectivity index (χ4v) is 3.29. The lowest BCUT2D eigenvalue weighted by molar-refractivity contribution is 0.647. The fourth-order valence-electron chi connectivity index (χ4n) is 3.29. The molecule has 0 aliphatic heterocycles. The molecule has 0 aliphatic carbocycles. The van der Waals surface area contributed by atoms with Gasteiger partial charge in [-0.2, -0.15) is 5.26 Å². The van der Waals surface area contributed by atoms with Crippen LogP contribution in [0.2, 0.25) is 0 Å². The first kappa shape index (κ1) is 18.4. The maximum Gasteiger partial charge on any atom is 0.332 e. The van der Waals surface area contributed by atoms with E-state index in [1.54, 1.807) is 0 Å². The zero-order valence-electron chi connectivity index (χ0n) is 15.8. The molecule has 0 saturated heterocycles. The summed E-state index contributed by atoms with van der Waals surface area (Å²) in [7, 11) is 2.93. The van der Waals surface area contributed by atoms with Gasteiger partial charge < -0.3 is 5.73 Å². The van der Waals surface area contributed by atoms with E-state index in [9.17, 15) is 14.9 Å². The number of hydrogen-bond acceptors (Lipinski definition) is 5. The number of pyridine rings is 1. The summed E-state index contributed by atoms with van der Waals surface area (Å²) in [5.41, 5.74) is 7.55. The zero-order valence-corrected chi connectivity index (χ0v) is 15.8. The van der Waals surface area contributed by atoms with Crippen LogP contribution in [0.15, 0.2) is 33.9 Å². The first-order valence-electron chi connectivity index (χ1n) is 8.64. The summed E-state index contributed by atoms with van der Waals surface area (Å²) in [6, 6.07) is 9.76. The number of fused-ring (bicyclic) bond motifs is 1. The van der Waals surface area contributed by atoms with E-state index in [0.717, 1.165) is 11.0 Å². The second kappa shape index (κ2) is 6.72. The van der Waals surface area contributed by atoms with Crippen molar-refractivity contribution >= 4 is 16.9 Å². The third-order valence-electron chi connectivity index (χ3n) is 4.61. The van der Waals surface area contributed by atoms with E-state index in [-0.39, 0.29) is 22.4 Å². The third-order valence-corrected chi connectivity index (χ3v) is 4.61. The van der Waals surface area contributed by atoms with Crippen LogP contribution in [-0.4, -0.2) is 14.1 Å². The molecular weight excluding hydrogens is 342 g/mol. The predicted molar refractivity (Wildman–Crippen MR) is 105 cm³/mol. The highest BCUT2D eigenvalue weighted by Crippen LogP contribution is 2.32. The van der Waals surface area contributed by atoms with Gasteiger partial charge in [-0.15, -0.1) is 0 Å². The molecule has 0 bridgehead atoms. The number of nitrogens with two attached hydrogens (primary N) is 1. The Morgan fingerprint density at radius 1 is 1.15 bits per heavy atom. The van der Waals surface area contributed by atoms with Crippen molar-refractivity contribution in [2.75, 3.05) is 5.73 Å². The molecule has 0 radical (unpaired) electrons. The topological polar surface area (TPSA) is 107 Å². The molecule has 1 aromatic carbocycles. The van der Waals surface area contributed by atoms with Crippen molar-refractivity contribution in [1.29, 1.82) is 5.26 Å². The second-order valence-electron chi connectivity index (χ2n) is 7.06. The van der Waals surface area contributed by atoms with Gasteiger partial charge in [0.2, 0.25) is 0 Å². The normalized spacial score (nSPS) is 11.1. The van der Waals surface area contributed by atoms with Crippen molar-refractivity contribution in [1.82, 2.24) is 14.1 Å². The Bertz CT molecular complexity index is 1190. The molecule has 3 rings (SSSR count). The van der Waals surface area contributed by atoms with E-state index >= 15 is 0 Å². The minimum Gasteiger partial charge on any atom is -0.383 e. The molecule has 3 aromatic rings. The summed E-state index contributed by atoms with van der Waals surface area (Å²) in [5, 5.41) is 9.84. The summed E-state index contributed by atoms with van der Waals surface area (Å²) in [6.45, 7) is 4.28. The highest BCUT2D eigenvalue weighted by Gasteiger charge is 2.21. The second-order valence-corrected chi connectivity index (χ2v) is 7.06. The van der Waals surface area contributed by atoms with Crippen molar-refractivity contribution in [2.45, 2.75) is 20.3 Å². The monoisotopic (exact) mass is 363 g/mol. The predicted octanol–water partition coefficient (Wildman–Crippen LogP) is 1.95. The van der Waals surface area contributed by atoms with Crippen molar-refractivity contribution in [2.24, 2.45) is 20.0 Å². The number of aryl methyl sites for hydroxylation is 1. The first-order chi connectivity index (χ1) is 12.8. The third kappa shape index (κ3) is 2.99. The Morgan fingerprint density at radius 2 is 1.78 bits per heavy atom. The fraction of sp³-hybridized carbons (Fsp3) is 0.300. The van der Waals surface area contributed by atoms with Crippen molar-refractivity contribution in [3.8, 4) is 17.2 Å². The zero-order chi connectivity index (χ0) is 19.9. The van der Waals surface area contributed by atoms with Gasteiger partial charge in [0.15, 0.2) is 5.65 Å². The van der Waals surface area contributed by atoms with Gasteiger partial charge in [0.1, 0.15) is 17.5 Å². The molecule has 0 amide bonds. The Morgan fingerprint density at radius 3 is 2.33 bits per heavy atom. The summed E-state index contributed by atoms with van der Waals surface area (Å²) >= 11 is 0.